The molecule has 2 nitrogen and oxygen atoms in total. The van der Waals surface area contributed by atoms with Crippen molar-refractivity contribution in [3.8, 4) is 0 Å². The molecule has 0 radical (unpaired) electrons. The largest absolute Gasteiger partial charge is 0.383 e. The highest BCUT2D eigenvalue weighted by Gasteiger charge is 2.24. The van der Waals surface area contributed by atoms with Crippen molar-refractivity contribution in [2.24, 2.45) is 11.8 Å². The smallest absolute Gasteiger partial charge is 0.0642 e. The summed E-state index contributed by atoms with van der Waals surface area (Å²) in [7, 11) is 0. The van der Waals surface area contributed by atoms with Gasteiger partial charge in [0.05, 0.1) is 12.7 Å². The third-order valence-corrected chi connectivity index (χ3v) is 3.98. The highest BCUT2D eigenvalue weighted by Crippen LogP contribution is 2.30. The summed E-state index contributed by atoms with van der Waals surface area (Å²) >= 11 is 5.94. The van der Waals surface area contributed by atoms with Crippen molar-refractivity contribution in [1.29, 1.82) is 0 Å². The minimum Gasteiger partial charge on any atom is -0.383 e. The van der Waals surface area contributed by atoms with E-state index >= 15 is 0 Å². The molecule has 0 aliphatic heterocycles. The maximum Gasteiger partial charge on any atom is 0.0642 e. The lowest BCUT2D eigenvalue weighted by molar-refractivity contribution is 0.00618. The van der Waals surface area contributed by atoms with Crippen molar-refractivity contribution in [3.05, 3.63) is 29.3 Å². The quantitative estimate of drug-likeness (QED) is 0.797. The Morgan fingerprint density at radius 3 is 2.63 bits per heavy atom. The minimum atomic E-state index is 0.444. The number of halogens is 1. The molecule has 1 fully saturated rings. The highest BCUT2D eigenvalue weighted by atomic mass is 35.5. The van der Waals surface area contributed by atoms with Gasteiger partial charge in [-0.3, -0.25) is 0 Å². The Hall–Kier alpha value is -0.730. The third-order valence-electron chi connectivity index (χ3n) is 3.74. The molecule has 1 saturated carbocycles. The average Bonchev–Trinajstić information content (AvgIpc) is 2.34. The SMILES string of the molecule is CC1CC(C)CC(OCCNc2cccc(Cl)c2)C1. The van der Waals surface area contributed by atoms with Crippen molar-refractivity contribution >= 4 is 17.3 Å². The second-order valence-electron chi connectivity index (χ2n) is 5.85. The van der Waals surface area contributed by atoms with E-state index in [2.05, 4.69) is 19.2 Å². The minimum absolute atomic E-state index is 0.444. The van der Waals surface area contributed by atoms with E-state index in [1.807, 2.05) is 24.3 Å². The van der Waals surface area contributed by atoms with E-state index in [-0.39, 0.29) is 0 Å². The number of rotatable bonds is 5. The Labute approximate surface area is 121 Å². The van der Waals surface area contributed by atoms with Crippen LogP contribution in [0.5, 0.6) is 0 Å². The number of anilines is 1. The van der Waals surface area contributed by atoms with Crippen LogP contribution in [0.1, 0.15) is 33.1 Å². The van der Waals surface area contributed by atoms with Gasteiger partial charge in [0, 0.05) is 17.3 Å². The van der Waals surface area contributed by atoms with Crippen LogP contribution in [0.3, 0.4) is 0 Å². The molecule has 0 bridgehead atoms. The van der Waals surface area contributed by atoms with E-state index in [4.69, 9.17) is 16.3 Å². The topological polar surface area (TPSA) is 21.3 Å². The predicted octanol–water partition coefficient (Wildman–Crippen LogP) is 4.59. The third kappa shape index (κ3) is 5.04. The Morgan fingerprint density at radius 2 is 1.95 bits per heavy atom. The van der Waals surface area contributed by atoms with Gasteiger partial charge in [-0.2, -0.15) is 0 Å². The molecular formula is C16H24ClNO. The second-order valence-corrected chi connectivity index (χ2v) is 6.28. The van der Waals surface area contributed by atoms with Crippen LogP contribution in [0.4, 0.5) is 5.69 Å². The molecule has 2 atom stereocenters. The Bertz CT molecular complexity index is 386. The normalized spacial score (nSPS) is 27.2. The van der Waals surface area contributed by atoms with Gasteiger partial charge < -0.3 is 10.1 Å². The Morgan fingerprint density at radius 1 is 1.21 bits per heavy atom. The zero-order valence-corrected chi connectivity index (χ0v) is 12.6. The summed E-state index contributed by atoms with van der Waals surface area (Å²) in [6, 6.07) is 7.80. The molecule has 19 heavy (non-hydrogen) atoms. The number of ether oxygens (including phenoxy) is 1. The number of hydrogen-bond acceptors (Lipinski definition) is 2. The molecule has 1 aromatic carbocycles. The van der Waals surface area contributed by atoms with E-state index in [0.29, 0.717) is 6.10 Å². The van der Waals surface area contributed by atoms with Gasteiger partial charge >= 0.3 is 0 Å². The number of benzene rings is 1. The molecule has 1 aliphatic rings. The molecule has 106 valence electrons. The van der Waals surface area contributed by atoms with Gasteiger partial charge in [-0.05, 0) is 49.3 Å². The lowest BCUT2D eigenvalue weighted by atomic mass is 9.82. The molecule has 0 heterocycles. The van der Waals surface area contributed by atoms with Crippen molar-refractivity contribution < 1.29 is 4.74 Å². The Kier molecular flexibility index (Phi) is 5.53. The van der Waals surface area contributed by atoms with E-state index in [9.17, 15) is 0 Å². The van der Waals surface area contributed by atoms with Crippen molar-refractivity contribution in [2.45, 2.75) is 39.2 Å². The van der Waals surface area contributed by atoms with Crippen LogP contribution in [-0.4, -0.2) is 19.3 Å². The molecule has 1 N–H and O–H groups in total. The molecule has 1 aliphatic carbocycles. The summed E-state index contributed by atoms with van der Waals surface area (Å²) in [6.45, 7) is 6.25. The van der Waals surface area contributed by atoms with Crippen molar-refractivity contribution in [2.75, 3.05) is 18.5 Å². The number of hydrogen-bond donors (Lipinski definition) is 1. The molecule has 2 unspecified atom stereocenters. The fourth-order valence-electron chi connectivity index (χ4n) is 3.03. The standard InChI is InChI=1S/C16H24ClNO/c1-12-8-13(2)10-16(9-12)19-7-6-18-15-5-3-4-14(17)11-15/h3-5,11-13,16,18H,6-10H2,1-2H3. The van der Waals surface area contributed by atoms with Gasteiger partial charge in [-0.1, -0.05) is 31.5 Å². The van der Waals surface area contributed by atoms with Crippen LogP contribution in [0.25, 0.3) is 0 Å². The summed E-state index contributed by atoms with van der Waals surface area (Å²) in [5, 5.41) is 4.10. The van der Waals surface area contributed by atoms with Gasteiger partial charge in [-0.25, -0.2) is 0 Å². The number of nitrogens with one attached hydrogen (secondary N) is 1. The molecule has 3 heteroatoms. The molecule has 2 rings (SSSR count). The Balaban J connectivity index is 1.66. The van der Waals surface area contributed by atoms with E-state index in [1.165, 1.54) is 19.3 Å². The van der Waals surface area contributed by atoms with Gasteiger partial charge in [-0.15, -0.1) is 0 Å². The van der Waals surface area contributed by atoms with Crippen LogP contribution < -0.4 is 5.32 Å². The molecule has 0 aromatic heterocycles. The van der Waals surface area contributed by atoms with Crippen molar-refractivity contribution in [1.82, 2.24) is 0 Å². The van der Waals surface area contributed by atoms with Crippen molar-refractivity contribution in [3.63, 3.8) is 0 Å². The van der Waals surface area contributed by atoms with Crippen LogP contribution in [-0.2, 0) is 4.74 Å². The van der Waals surface area contributed by atoms with E-state index in [1.54, 1.807) is 0 Å². The summed E-state index contributed by atoms with van der Waals surface area (Å²) < 4.78 is 5.98. The fourth-order valence-corrected chi connectivity index (χ4v) is 3.22. The highest BCUT2D eigenvalue weighted by molar-refractivity contribution is 6.30. The fraction of sp³-hybridized carbons (Fsp3) is 0.625. The molecule has 0 saturated heterocycles. The summed E-state index contributed by atoms with van der Waals surface area (Å²) in [6.07, 6.45) is 4.21. The average molecular weight is 282 g/mol. The van der Waals surface area contributed by atoms with Crippen LogP contribution in [0, 0.1) is 11.8 Å². The van der Waals surface area contributed by atoms with Gasteiger partial charge in [0.1, 0.15) is 0 Å². The zero-order chi connectivity index (χ0) is 13.7. The summed E-state index contributed by atoms with van der Waals surface area (Å²) in [5.41, 5.74) is 1.06. The molecule has 0 amide bonds. The summed E-state index contributed by atoms with van der Waals surface area (Å²) in [4.78, 5) is 0. The van der Waals surface area contributed by atoms with E-state index < -0.39 is 0 Å². The maximum atomic E-state index is 5.98. The van der Waals surface area contributed by atoms with E-state index in [0.717, 1.165) is 35.7 Å². The molecule has 1 aromatic rings. The first-order chi connectivity index (χ1) is 9.13. The first-order valence-electron chi connectivity index (χ1n) is 7.24. The maximum absolute atomic E-state index is 5.98. The second kappa shape index (κ2) is 7.16. The van der Waals surface area contributed by atoms with Crippen LogP contribution in [0.15, 0.2) is 24.3 Å². The van der Waals surface area contributed by atoms with Gasteiger partial charge in [0.2, 0.25) is 0 Å². The first kappa shape index (κ1) is 14.7. The first-order valence-corrected chi connectivity index (χ1v) is 7.62. The molecule has 0 spiro atoms. The monoisotopic (exact) mass is 281 g/mol. The van der Waals surface area contributed by atoms with Gasteiger partial charge in [0.25, 0.3) is 0 Å². The van der Waals surface area contributed by atoms with Crippen LogP contribution >= 0.6 is 11.6 Å². The van der Waals surface area contributed by atoms with Crippen LogP contribution in [0.2, 0.25) is 5.02 Å². The predicted molar refractivity (Wildman–Crippen MR) is 81.9 cm³/mol. The van der Waals surface area contributed by atoms with Gasteiger partial charge in [0.15, 0.2) is 0 Å². The zero-order valence-electron chi connectivity index (χ0n) is 11.9. The lowest BCUT2D eigenvalue weighted by Crippen LogP contribution is -2.27. The molecular weight excluding hydrogens is 258 g/mol. The summed E-state index contributed by atoms with van der Waals surface area (Å²) in [5.74, 6) is 1.60. The lowest BCUT2D eigenvalue weighted by Gasteiger charge is -2.31.